The zero-order chi connectivity index (χ0) is 12.7. The normalized spacial score (nSPS) is 10.1. The number of hydrogen-bond donors (Lipinski definition) is 1. The highest BCUT2D eigenvalue weighted by Gasteiger charge is 2.11. The standard InChI is InChI=1S/C11H16N2O3S/c1-15-10-4-3-9(17-6-5-12)8(13-10)7-11(14)16-2/h3-4H,5-7,12H2,1-2H3. The van der Waals surface area contributed by atoms with Crippen LogP contribution in [-0.2, 0) is 16.0 Å². The predicted molar refractivity (Wildman–Crippen MR) is 66.3 cm³/mol. The van der Waals surface area contributed by atoms with E-state index >= 15 is 0 Å². The van der Waals surface area contributed by atoms with Gasteiger partial charge < -0.3 is 15.2 Å². The molecule has 0 aliphatic heterocycles. The second-order valence-electron chi connectivity index (χ2n) is 3.19. The minimum Gasteiger partial charge on any atom is -0.481 e. The van der Waals surface area contributed by atoms with Crippen LogP contribution in [-0.4, -0.2) is 37.5 Å². The Morgan fingerprint density at radius 2 is 2.24 bits per heavy atom. The van der Waals surface area contributed by atoms with E-state index in [4.69, 9.17) is 10.5 Å². The van der Waals surface area contributed by atoms with Crippen molar-refractivity contribution in [3.8, 4) is 5.88 Å². The molecule has 0 amide bonds. The van der Waals surface area contributed by atoms with Crippen molar-refractivity contribution in [3.63, 3.8) is 0 Å². The van der Waals surface area contributed by atoms with Gasteiger partial charge in [-0.25, -0.2) is 4.98 Å². The Kier molecular flexibility index (Phi) is 5.79. The molecule has 1 aromatic heterocycles. The van der Waals surface area contributed by atoms with Crippen molar-refractivity contribution < 1.29 is 14.3 Å². The first-order chi connectivity index (χ1) is 8.21. The van der Waals surface area contributed by atoms with Crippen molar-refractivity contribution in [1.82, 2.24) is 4.98 Å². The lowest BCUT2D eigenvalue weighted by Gasteiger charge is -2.08. The fraction of sp³-hybridized carbons (Fsp3) is 0.455. The van der Waals surface area contributed by atoms with Crippen molar-refractivity contribution in [1.29, 1.82) is 0 Å². The maximum absolute atomic E-state index is 11.3. The van der Waals surface area contributed by atoms with Crippen molar-refractivity contribution >= 4 is 17.7 Å². The number of carbonyl (C=O) groups excluding carboxylic acids is 1. The summed E-state index contributed by atoms with van der Waals surface area (Å²) in [5.41, 5.74) is 6.11. The lowest BCUT2D eigenvalue weighted by molar-refractivity contribution is -0.139. The Labute approximate surface area is 105 Å². The topological polar surface area (TPSA) is 74.4 Å². The van der Waals surface area contributed by atoms with E-state index in [1.807, 2.05) is 6.07 Å². The molecule has 1 heterocycles. The van der Waals surface area contributed by atoms with Crippen LogP contribution in [0.1, 0.15) is 5.69 Å². The number of nitrogens with zero attached hydrogens (tertiary/aromatic N) is 1. The van der Waals surface area contributed by atoms with Crippen LogP contribution >= 0.6 is 11.8 Å². The first-order valence-electron chi connectivity index (χ1n) is 5.14. The lowest BCUT2D eigenvalue weighted by Crippen LogP contribution is -2.09. The maximum atomic E-state index is 11.3. The van der Waals surface area contributed by atoms with Gasteiger partial charge in [0.25, 0.3) is 0 Å². The molecule has 0 aromatic carbocycles. The second kappa shape index (κ2) is 7.13. The molecule has 1 aromatic rings. The molecule has 0 saturated carbocycles. The van der Waals surface area contributed by atoms with Gasteiger partial charge in [0.2, 0.25) is 5.88 Å². The highest BCUT2D eigenvalue weighted by atomic mass is 32.2. The monoisotopic (exact) mass is 256 g/mol. The third-order valence-electron chi connectivity index (χ3n) is 2.03. The van der Waals surface area contributed by atoms with E-state index in [1.54, 1.807) is 17.8 Å². The van der Waals surface area contributed by atoms with Gasteiger partial charge in [-0.2, -0.15) is 0 Å². The molecule has 0 atom stereocenters. The summed E-state index contributed by atoms with van der Waals surface area (Å²) in [7, 11) is 2.89. The quantitative estimate of drug-likeness (QED) is 0.601. The predicted octanol–water partition coefficient (Wildman–Crippen LogP) is 0.857. The van der Waals surface area contributed by atoms with Gasteiger partial charge in [0.1, 0.15) is 0 Å². The summed E-state index contributed by atoms with van der Waals surface area (Å²) in [4.78, 5) is 16.4. The van der Waals surface area contributed by atoms with E-state index in [1.165, 1.54) is 14.2 Å². The van der Waals surface area contributed by atoms with E-state index < -0.39 is 0 Å². The van der Waals surface area contributed by atoms with Gasteiger partial charge in [-0.1, -0.05) is 0 Å². The van der Waals surface area contributed by atoms with Crippen LogP contribution in [0.2, 0.25) is 0 Å². The molecular weight excluding hydrogens is 240 g/mol. The largest absolute Gasteiger partial charge is 0.481 e. The van der Waals surface area contributed by atoms with Crippen LogP contribution < -0.4 is 10.5 Å². The van der Waals surface area contributed by atoms with Gasteiger partial charge in [0.05, 0.1) is 26.3 Å². The number of aromatic nitrogens is 1. The van der Waals surface area contributed by atoms with E-state index in [0.717, 1.165) is 10.6 Å². The van der Waals surface area contributed by atoms with E-state index in [9.17, 15) is 4.79 Å². The van der Waals surface area contributed by atoms with Crippen molar-refractivity contribution in [2.75, 3.05) is 26.5 Å². The number of ether oxygens (including phenoxy) is 2. The molecule has 0 radical (unpaired) electrons. The summed E-state index contributed by atoms with van der Waals surface area (Å²) >= 11 is 1.57. The molecule has 0 spiro atoms. The smallest absolute Gasteiger partial charge is 0.311 e. The fourth-order valence-electron chi connectivity index (χ4n) is 1.22. The van der Waals surface area contributed by atoms with Crippen molar-refractivity contribution in [2.45, 2.75) is 11.3 Å². The summed E-state index contributed by atoms with van der Waals surface area (Å²) < 4.78 is 9.67. The van der Waals surface area contributed by atoms with Crippen LogP contribution in [0.5, 0.6) is 5.88 Å². The van der Waals surface area contributed by atoms with E-state index in [0.29, 0.717) is 18.1 Å². The van der Waals surface area contributed by atoms with Gasteiger partial charge >= 0.3 is 5.97 Å². The Balaban J connectivity index is 2.90. The number of hydrogen-bond acceptors (Lipinski definition) is 6. The summed E-state index contributed by atoms with van der Waals surface area (Å²) in [6.45, 7) is 0.578. The molecule has 5 nitrogen and oxygen atoms in total. The number of thioether (sulfide) groups is 1. The van der Waals surface area contributed by atoms with E-state index in [2.05, 4.69) is 9.72 Å². The average Bonchev–Trinajstić information content (AvgIpc) is 2.36. The highest BCUT2D eigenvalue weighted by Crippen LogP contribution is 2.24. The van der Waals surface area contributed by atoms with Crippen LogP contribution in [0, 0.1) is 0 Å². The molecule has 94 valence electrons. The highest BCUT2D eigenvalue weighted by molar-refractivity contribution is 7.99. The molecule has 1 rings (SSSR count). The molecular formula is C11H16N2O3S. The second-order valence-corrected chi connectivity index (χ2v) is 4.33. The van der Waals surface area contributed by atoms with Gasteiger partial charge in [0.15, 0.2) is 0 Å². The minimum absolute atomic E-state index is 0.139. The Hall–Kier alpha value is -1.27. The summed E-state index contributed by atoms with van der Waals surface area (Å²) in [6, 6.07) is 3.64. The van der Waals surface area contributed by atoms with Gasteiger partial charge in [-0.05, 0) is 6.07 Å². The molecule has 0 saturated heterocycles. The molecule has 17 heavy (non-hydrogen) atoms. The number of nitrogens with two attached hydrogens (primary N) is 1. The zero-order valence-corrected chi connectivity index (χ0v) is 10.8. The van der Waals surface area contributed by atoms with E-state index in [-0.39, 0.29) is 12.4 Å². The number of rotatable bonds is 6. The fourth-order valence-corrected chi connectivity index (χ4v) is 2.00. The Bertz CT molecular complexity index is 385. The van der Waals surface area contributed by atoms with Crippen LogP contribution in [0.4, 0.5) is 0 Å². The third-order valence-corrected chi connectivity index (χ3v) is 3.15. The molecule has 0 aliphatic carbocycles. The number of pyridine rings is 1. The molecule has 6 heteroatoms. The Morgan fingerprint density at radius 3 is 2.82 bits per heavy atom. The minimum atomic E-state index is -0.319. The number of carbonyl (C=O) groups is 1. The number of esters is 1. The van der Waals surface area contributed by atoms with Crippen LogP contribution in [0.15, 0.2) is 17.0 Å². The molecule has 0 bridgehead atoms. The SMILES string of the molecule is COC(=O)Cc1nc(OC)ccc1SCCN. The molecule has 0 fully saturated rings. The van der Waals surface area contributed by atoms with Crippen LogP contribution in [0.3, 0.4) is 0 Å². The molecule has 0 aliphatic rings. The van der Waals surface area contributed by atoms with Crippen LogP contribution in [0.25, 0.3) is 0 Å². The van der Waals surface area contributed by atoms with Gasteiger partial charge in [-0.15, -0.1) is 11.8 Å². The molecule has 2 N–H and O–H groups in total. The Morgan fingerprint density at radius 1 is 1.47 bits per heavy atom. The summed E-state index contributed by atoms with van der Waals surface area (Å²) in [5.74, 6) is 0.948. The molecule has 0 unspecified atom stereocenters. The van der Waals surface area contributed by atoms with Crippen molar-refractivity contribution in [3.05, 3.63) is 17.8 Å². The maximum Gasteiger partial charge on any atom is 0.311 e. The number of methoxy groups -OCH3 is 2. The lowest BCUT2D eigenvalue weighted by atomic mass is 10.3. The zero-order valence-electron chi connectivity index (χ0n) is 9.93. The van der Waals surface area contributed by atoms with Crippen molar-refractivity contribution in [2.24, 2.45) is 5.73 Å². The third kappa shape index (κ3) is 4.24. The average molecular weight is 256 g/mol. The van der Waals surface area contributed by atoms with Gasteiger partial charge in [-0.3, -0.25) is 4.79 Å². The summed E-state index contributed by atoms with van der Waals surface area (Å²) in [6.07, 6.45) is 0.139. The first-order valence-corrected chi connectivity index (χ1v) is 6.13. The first kappa shape index (κ1) is 13.8. The van der Waals surface area contributed by atoms with Gasteiger partial charge in [0, 0.05) is 23.3 Å². The summed E-state index contributed by atoms with van der Waals surface area (Å²) in [5, 5.41) is 0.